The molecule has 2 fully saturated rings. The van der Waals surface area contributed by atoms with Crippen LogP contribution in [0.25, 0.3) is 0 Å². The van der Waals surface area contributed by atoms with Gasteiger partial charge in [0.25, 0.3) is 0 Å². The molecule has 82 valence electrons. The molecule has 0 aromatic heterocycles. The van der Waals surface area contributed by atoms with Crippen molar-refractivity contribution in [3.8, 4) is 0 Å². The number of rotatable bonds is 6. The Kier molecular flexibility index (Phi) is 3.10. The van der Waals surface area contributed by atoms with Crippen molar-refractivity contribution in [2.24, 2.45) is 17.6 Å². The molecule has 2 saturated carbocycles. The molecule has 2 aliphatic rings. The minimum absolute atomic E-state index is 0.144. The van der Waals surface area contributed by atoms with Gasteiger partial charge in [-0.05, 0) is 31.1 Å². The molecule has 2 atom stereocenters. The minimum Gasteiger partial charge on any atom is -0.382 e. The number of hydrogen-bond acceptors (Lipinski definition) is 3. The topological polar surface area (TPSA) is 44.5 Å². The average Bonchev–Trinajstić information content (AvgIpc) is 2.61. The van der Waals surface area contributed by atoms with Gasteiger partial charge in [0.2, 0.25) is 0 Å². The summed E-state index contributed by atoms with van der Waals surface area (Å²) in [6.45, 7) is 2.18. The second kappa shape index (κ2) is 4.17. The van der Waals surface area contributed by atoms with E-state index in [1.807, 2.05) is 0 Å². The Labute approximate surface area is 85.9 Å². The van der Waals surface area contributed by atoms with Gasteiger partial charge >= 0.3 is 0 Å². The lowest BCUT2D eigenvalue weighted by Gasteiger charge is -2.15. The molecule has 14 heavy (non-hydrogen) atoms. The van der Waals surface area contributed by atoms with Crippen LogP contribution in [0.5, 0.6) is 0 Å². The summed E-state index contributed by atoms with van der Waals surface area (Å²) in [6.07, 6.45) is 5.11. The molecule has 0 aliphatic heterocycles. The SMILES string of the molecule is COCCOCCC1(N)C2CCCC21. The van der Waals surface area contributed by atoms with Crippen LogP contribution in [-0.4, -0.2) is 32.5 Å². The largest absolute Gasteiger partial charge is 0.382 e. The van der Waals surface area contributed by atoms with Crippen LogP contribution in [-0.2, 0) is 9.47 Å². The first-order valence-corrected chi connectivity index (χ1v) is 5.64. The first-order valence-electron chi connectivity index (χ1n) is 5.64. The Morgan fingerprint density at radius 3 is 2.57 bits per heavy atom. The molecule has 0 amide bonds. The number of hydrogen-bond donors (Lipinski definition) is 1. The maximum atomic E-state index is 6.30. The molecular weight excluding hydrogens is 178 g/mol. The number of ether oxygens (including phenoxy) is 2. The molecule has 3 nitrogen and oxygen atoms in total. The van der Waals surface area contributed by atoms with E-state index in [1.54, 1.807) is 7.11 Å². The third kappa shape index (κ3) is 1.81. The van der Waals surface area contributed by atoms with E-state index in [1.165, 1.54) is 19.3 Å². The zero-order chi connectivity index (χ0) is 10.0. The standard InChI is InChI=1S/C11H21NO2/c1-13-7-8-14-6-5-11(12)9-3-2-4-10(9)11/h9-10H,2-8,12H2,1H3. The zero-order valence-electron chi connectivity index (χ0n) is 9.00. The van der Waals surface area contributed by atoms with Crippen LogP contribution in [0, 0.1) is 11.8 Å². The van der Waals surface area contributed by atoms with Crippen LogP contribution in [0.2, 0.25) is 0 Å². The molecule has 2 unspecified atom stereocenters. The Morgan fingerprint density at radius 2 is 1.93 bits per heavy atom. The van der Waals surface area contributed by atoms with Crippen molar-refractivity contribution in [1.82, 2.24) is 0 Å². The van der Waals surface area contributed by atoms with Gasteiger partial charge in [-0.15, -0.1) is 0 Å². The molecule has 0 aromatic rings. The summed E-state index contributed by atoms with van der Waals surface area (Å²) in [6, 6.07) is 0. The van der Waals surface area contributed by atoms with E-state index in [0.29, 0.717) is 13.2 Å². The fourth-order valence-electron chi connectivity index (χ4n) is 2.99. The lowest BCUT2D eigenvalue weighted by atomic mass is 10.0. The first-order chi connectivity index (χ1) is 6.79. The van der Waals surface area contributed by atoms with E-state index in [-0.39, 0.29) is 5.54 Å². The van der Waals surface area contributed by atoms with Crippen LogP contribution in [0.15, 0.2) is 0 Å². The van der Waals surface area contributed by atoms with Crippen LogP contribution in [0.4, 0.5) is 0 Å². The van der Waals surface area contributed by atoms with Gasteiger partial charge in [0.1, 0.15) is 0 Å². The van der Waals surface area contributed by atoms with Crippen molar-refractivity contribution >= 4 is 0 Å². The van der Waals surface area contributed by atoms with Gasteiger partial charge in [0.15, 0.2) is 0 Å². The third-order valence-electron chi connectivity index (χ3n) is 3.90. The van der Waals surface area contributed by atoms with Gasteiger partial charge in [-0.25, -0.2) is 0 Å². The molecule has 2 N–H and O–H groups in total. The van der Waals surface area contributed by atoms with Crippen molar-refractivity contribution < 1.29 is 9.47 Å². The molecular formula is C11H21NO2. The fraction of sp³-hybridized carbons (Fsp3) is 1.00. The molecule has 0 heterocycles. The number of nitrogens with two attached hydrogens (primary N) is 1. The Bertz CT molecular complexity index is 186. The Hall–Kier alpha value is -0.120. The maximum absolute atomic E-state index is 6.30. The molecule has 0 saturated heterocycles. The van der Waals surface area contributed by atoms with E-state index >= 15 is 0 Å². The van der Waals surface area contributed by atoms with Crippen LogP contribution >= 0.6 is 0 Å². The highest BCUT2D eigenvalue weighted by Crippen LogP contribution is 2.60. The van der Waals surface area contributed by atoms with E-state index in [2.05, 4.69) is 0 Å². The van der Waals surface area contributed by atoms with E-state index in [4.69, 9.17) is 15.2 Å². The summed E-state index contributed by atoms with van der Waals surface area (Å²) in [7, 11) is 1.69. The maximum Gasteiger partial charge on any atom is 0.0700 e. The molecule has 0 spiro atoms. The fourth-order valence-corrected chi connectivity index (χ4v) is 2.99. The second-order valence-corrected chi connectivity index (χ2v) is 4.61. The van der Waals surface area contributed by atoms with Gasteiger partial charge < -0.3 is 15.2 Å². The lowest BCUT2D eigenvalue weighted by molar-refractivity contribution is 0.0646. The summed E-state index contributed by atoms with van der Waals surface area (Å²) in [5.41, 5.74) is 6.44. The summed E-state index contributed by atoms with van der Waals surface area (Å²) >= 11 is 0. The summed E-state index contributed by atoms with van der Waals surface area (Å²) in [4.78, 5) is 0. The molecule has 0 aromatic carbocycles. The highest BCUT2D eigenvalue weighted by Gasteiger charge is 2.62. The average molecular weight is 199 g/mol. The monoisotopic (exact) mass is 199 g/mol. The van der Waals surface area contributed by atoms with Crippen LogP contribution in [0.1, 0.15) is 25.7 Å². The van der Waals surface area contributed by atoms with E-state index in [9.17, 15) is 0 Å². The van der Waals surface area contributed by atoms with Crippen molar-refractivity contribution in [3.63, 3.8) is 0 Å². The molecule has 0 radical (unpaired) electrons. The quantitative estimate of drug-likeness (QED) is 0.653. The lowest BCUT2D eigenvalue weighted by Crippen LogP contribution is -2.30. The number of fused-ring (bicyclic) bond motifs is 1. The predicted octanol–water partition coefficient (Wildman–Crippen LogP) is 1.17. The third-order valence-corrected chi connectivity index (χ3v) is 3.90. The van der Waals surface area contributed by atoms with Crippen LogP contribution < -0.4 is 5.73 Å². The van der Waals surface area contributed by atoms with Gasteiger partial charge in [0.05, 0.1) is 13.2 Å². The molecule has 2 aliphatic carbocycles. The van der Waals surface area contributed by atoms with E-state index < -0.39 is 0 Å². The Balaban J connectivity index is 1.58. The van der Waals surface area contributed by atoms with Crippen molar-refractivity contribution in [2.75, 3.05) is 26.9 Å². The number of methoxy groups -OCH3 is 1. The van der Waals surface area contributed by atoms with Gasteiger partial charge in [-0.3, -0.25) is 0 Å². The normalized spacial score (nSPS) is 39.9. The van der Waals surface area contributed by atoms with Gasteiger partial charge in [-0.1, -0.05) is 6.42 Å². The van der Waals surface area contributed by atoms with Gasteiger partial charge in [-0.2, -0.15) is 0 Å². The molecule has 2 rings (SSSR count). The van der Waals surface area contributed by atoms with Crippen molar-refractivity contribution in [1.29, 1.82) is 0 Å². The highest BCUT2D eigenvalue weighted by molar-refractivity contribution is 5.18. The minimum atomic E-state index is 0.144. The zero-order valence-corrected chi connectivity index (χ0v) is 9.00. The van der Waals surface area contributed by atoms with Gasteiger partial charge in [0, 0.05) is 19.3 Å². The van der Waals surface area contributed by atoms with Crippen molar-refractivity contribution in [2.45, 2.75) is 31.2 Å². The summed E-state index contributed by atoms with van der Waals surface area (Å²) in [5, 5.41) is 0. The second-order valence-electron chi connectivity index (χ2n) is 4.61. The first kappa shape index (κ1) is 10.4. The summed E-state index contributed by atoms with van der Waals surface area (Å²) in [5.74, 6) is 1.63. The highest BCUT2D eigenvalue weighted by atomic mass is 16.5. The summed E-state index contributed by atoms with van der Waals surface area (Å²) < 4.78 is 10.4. The predicted molar refractivity (Wildman–Crippen MR) is 55.1 cm³/mol. The molecule has 0 bridgehead atoms. The molecule has 3 heteroatoms. The van der Waals surface area contributed by atoms with Crippen molar-refractivity contribution in [3.05, 3.63) is 0 Å². The Morgan fingerprint density at radius 1 is 1.21 bits per heavy atom. The smallest absolute Gasteiger partial charge is 0.0700 e. The van der Waals surface area contributed by atoms with Crippen LogP contribution in [0.3, 0.4) is 0 Å². The van der Waals surface area contributed by atoms with E-state index in [0.717, 1.165) is 24.9 Å².